The standard InChI is InChI=1S/C12H27OP/c1-5-9-11(7-3)14(13)12(8-4)10-6-2/h11-12,14H,5-10H2,1-4H3. The zero-order chi connectivity index (χ0) is 11.0. The van der Waals surface area contributed by atoms with Crippen LogP contribution in [0.2, 0.25) is 0 Å². The molecule has 0 aromatic carbocycles. The third kappa shape index (κ3) is 4.64. The van der Waals surface area contributed by atoms with Crippen molar-refractivity contribution in [2.75, 3.05) is 0 Å². The van der Waals surface area contributed by atoms with Crippen molar-refractivity contribution in [2.24, 2.45) is 0 Å². The van der Waals surface area contributed by atoms with Crippen molar-refractivity contribution in [2.45, 2.75) is 77.5 Å². The molecule has 0 saturated carbocycles. The quantitative estimate of drug-likeness (QED) is 0.539. The molecule has 0 heterocycles. The molecule has 2 atom stereocenters. The highest BCUT2D eigenvalue weighted by Crippen LogP contribution is 2.41. The Bertz CT molecular complexity index is 140. The molecule has 0 amide bonds. The second-order valence-corrected chi connectivity index (χ2v) is 6.63. The second kappa shape index (κ2) is 8.53. The van der Waals surface area contributed by atoms with E-state index >= 15 is 0 Å². The van der Waals surface area contributed by atoms with Gasteiger partial charge in [0.25, 0.3) is 0 Å². The van der Waals surface area contributed by atoms with Crippen LogP contribution < -0.4 is 0 Å². The molecule has 0 fully saturated rings. The lowest BCUT2D eigenvalue weighted by Crippen LogP contribution is -2.10. The van der Waals surface area contributed by atoms with E-state index in [2.05, 4.69) is 27.7 Å². The van der Waals surface area contributed by atoms with E-state index in [0.717, 1.165) is 25.7 Å². The van der Waals surface area contributed by atoms with Gasteiger partial charge in [0.05, 0.1) is 7.80 Å². The highest BCUT2D eigenvalue weighted by atomic mass is 31.1. The van der Waals surface area contributed by atoms with Gasteiger partial charge in [-0.15, -0.1) is 0 Å². The molecule has 0 aromatic rings. The van der Waals surface area contributed by atoms with Gasteiger partial charge in [-0.1, -0.05) is 40.5 Å². The second-order valence-electron chi connectivity index (χ2n) is 4.19. The van der Waals surface area contributed by atoms with Crippen molar-refractivity contribution in [3.63, 3.8) is 0 Å². The summed E-state index contributed by atoms with van der Waals surface area (Å²) in [6, 6.07) is 0. The molecule has 0 N–H and O–H groups in total. The summed E-state index contributed by atoms with van der Waals surface area (Å²) >= 11 is 0. The van der Waals surface area contributed by atoms with Crippen LogP contribution in [0, 0.1) is 0 Å². The fourth-order valence-corrected chi connectivity index (χ4v) is 4.74. The minimum Gasteiger partial charge on any atom is -0.326 e. The van der Waals surface area contributed by atoms with Gasteiger partial charge in [0.1, 0.15) is 0 Å². The molecule has 0 aliphatic carbocycles. The third-order valence-corrected chi connectivity index (χ3v) is 6.07. The summed E-state index contributed by atoms with van der Waals surface area (Å²) in [5, 5.41) is 0. The molecule has 86 valence electrons. The first kappa shape index (κ1) is 14.2. The summed E-state index contributed by atoms with van der Waals surface area (Å²) < 4.78 is 12.3. The van der Waals surface area contributed by atoms with Crippen molar-refractivity contribution < 1.29 is 4.57 Å². The fourth-order valence-electron chi connectivity index (χ4n) is 2.13. The normalized spacial score (nSPS) is 17.7. The van der Waals surface area contributed by atoms with Crippen LogP contribution in [-0.4, -0.2) is 11.3 Å². The third-order valence-electron chi connectivity index (χ3n) is 3.06. The van der Waals surface area contributed by atoms with Gasteiger partial charge in [-0.05, 0) is 25.7 Å². The van der Waals surface area contributed by atoms with Crippen LogP contribution in [0.1, 0.15) is 66.2 Å². The average molecular weight is 218 g/mol. The smallest absolute Gasteiger partial charge is 0.0820 e. The highest BCUT2D eigenvalue weighted by Gasteiger charge is 2.21. The molecule has 0 aliphatic heterocycles. The van der Waals surface area contributed by atoms with Crippen LogP contribution in [0.25, 0.3) is 0 Å². The van der Waals surface area contributed by atoms with E-state index in [0.29, 0.717) is 11.3 Å². The maximum atomic E-state index is 12.3. The van der Waals surface area contributed by atoms with E-state index in [-0.39, 0.29) is 0 Å². The average Bonchev–Trinajstić information content (AvgIpc) is 2.21. The molecule has 2 heteroatoms. The topological polar surface area (TPSA) is 17.1 Å². The summed E-state index contributed by atoms with van der Waals surface area (Å²) in [5.74, 6) is 0. The number of hydrogen-bond donors (Lipinski definition) is 0. The predicted molar refractivity (Wildman–Crippen MR) is 67.0 cm³/mol. The maximum Gasteiger partial charge on any atom is 0.0820 e. The Morgan fingerprint density at radius 1 is 0.857 bits per heavy atom. The molecule has 0 aromatic heterocycles. The molecule has 0 spiro atoms. The molecular formula is C12H27OP. The Labute approximate surface area is 90.5 Å². The summed E-state index contributed by atoms with van der Waals surface area (Å²) in [6.45, 7) is 8.75. The first-order chi connectivity index (χ1) is 6.71. The van der Waals surface area contributed by atoms with E-state index in [4.69, 9.17) is 0 Å². The minimum absolute atomic E-state index is 0.515. The van der Waals surface area contributed by atoms with Crippen LogP contribution in [0.5, 0.6) is 0 Å². The van der Waals surface area contributed by atoms with Crippen LogP contribution in [0.4, 0.5) is 0 Å². The van der Waals surface area contributed by atoms with E-state index in [1.165, 1.54) is 12.8 Å². The highest BCUT2D eigenvalue weighted by molar-refractivity contribution is 7.46. The lowest BCUT2D eigenvalue weighted by molar-refractivity contribution is 0.546. The van der Waals surface area contributed by atoms with Crippen molar-refractivity contribution in [1.82, 2.24) is 0 Å². The van der Waals surface area contributed by atoms with Gasteiger partial charge in [0.15, 0.2) is 0 Å². The Kier molecular flexibility index (Phi) is 8.67. The van der Waals surface area contributed by atoms with Gasteiger partial charge in [0.2, 0.25) is 0 Å². The lowest BCUT2D eigenvalue weighted by Gasteiger charge is -2.21. The summed E-state index contributed by atoms with van der Waals surface area (Å²) in [7, 11) is -1.34. The van der Waals surface area contributed by atoms with E-state index < -0.39 is 7.80 Å². The molecule has 0 rings (SSSR count). The lowest BCUT2D eigenvalue weighted by atomic mass is 10.2. The molecule has 0 bridgehead atoms. The molecule has 0 aliphatic rings. The number of rotatable bonds is 8. The largest absolute Gasteiger partial charge is 0.326 e. The van der Waals surface area contributed by atoms with E-state index in [9.17, 15) is 4.57 Å². The van der Waals surface area contributed by atoms with Crippen molar-refractivity contribution in [3.8, 4) is 0 Å². The van der Waals surface area contributed by atoms with E-state index in [1.807, 2.05) is 0 Å². The van der Waals surface area contributed by atoms with Gasteiger partial charge < -0.3 is 4.57 Å². The maximum absolute atomic E-state index is 12.3. The first-order valence-corrected chi connectivity index (χ1v) is 7.81. The molecule has 14 heavy (non-hydrogen) atoms. The van der Waals surface area contributed by atoms with Crippen LogP contribution in [0.3, 0.4) is 0 Å². The summed E-state index contributed by atoms with van der Waals surface area (Å²) in [4.78, 5) is 0. The molecule has 0 radical (unpaired) electrons. The SMILES string of the molecule is CCCC(CC)[PH](=O)C(CC)CCC. The zero-order valence-corrected chi connectivity index (χ0v) is 11.3. The Hall–Kier alpha value is 0.230. The van der Waals surface area contributed by atoms with Crippen LogP contribution in [-0.2, 0) is 4.57 Å². The summed E-state index contributed by atoms with van der Waals surface area (Å²) in [6.07, 6.45) is 6.88. The van der Waals surface area contributed by atoms with Crippen molar-refractivity contribution in [1.29, 1.82) is 0 Å². The Balaban J connectivity index is 4.21. The zero-order valence-electron chi connectivity index (χ0n) is 10.3. The molecule has 1 nitrogen and oxygen atoms in total. The van der Waals surface area contributed by atoms with Gasteiger partial charge in [-0.25, -0.2) is 0 Å². The van der Waals surface area contributed by atoms with Gasteiger partial charge in [0, 0.05) is 11.3 Å². The van der Waals surface area contributed by atoms with Gasteiger partial charge in [-0.3, -0.25) is 0 Å². The van der Waals surface area contributed by atoms with Gasteiger partial charge >= 0.3 is 0 Å². The molecular weight excluding hydrogens is 191 g/mol. The Morgan fingerprint density at radius 3 is 1.43 bits per heavy atom. The first-order valence-electron chi connectivity index (χ1n) is 6.24. The summed E-state index contributed by atoms with van der Waals surface area (Å²) in [5.41, 5.74) is 1.03. The molecule has 0 saturated heterocycles. The van der Waals surface area contributed by atoms with Crippen LogP contribution >= 0.6 is 7.80 Å². The predicted octanol–water partition coefficient (Wildman–Crippen LogP) is 4.70. The molecule has 2 unspecified atom stereocenters. The van der Waals surface area contributed by atoms with Gasteiger partial charge in [-0.2, -0.15) is 0 Å². The fraction of sp³-hybridized carbons (Fsp3) is 1.00. The number of hydrogen-bond acceptors (Lipinski definition) is 1. The van der Waals surface area contributed by atoms with Crippen LogP contribution in [0.15, 0.2) is 0 Å². The Morgan fingerprint density at radius 2 is 1.21 bits per heavy atom. The van der Waals surface area contributed by atoms with Crippen molar-refractivity contribution in [3.05, 3.63) is 0 Å². The van der Waals surface area contributed by atoms with Crippen molar-refractivity contribution >= 4 is 7.80 Å². The van der Waals surface area contributed by atoms with E-state index in [1.54, 1.807) is 0 Å². The minimum atomic E-state index is -1.34. The monoisotopic (exact) mass is 218 g/mol.